The molecule has 1 aromatic carbocycles. The first-order valence-corrected chi connectivity index (χ1v) is 19.0. The predicted octanol–water partition coefficient (Wildman–Crippen LogP) is -1.21. The lowest BCUT2D eigenvalue weighted by molar-refractivity contribution is -0.144. The molecule has 1 fully saturated rings. The van der Waals surface area contributed by atoms with Crippen LogP contribution in [0.4, 0.5) is 0 Å². The number of nitrogens with one attached hydrogen (secondary N) is 5. The number of amides is 6. The van der Waals surface area contributed by atoms with Gasteiger partial charge in [0.25, 0.3) is 0 Å². The lowest BCUT2D eigenvalue weighted by Crippen LogP contribution is -2.62. The van der Waals surface area contributed by atoms with Crippen molar-refractivity contribution in [3.63, 3.8) is 0 Å². The maximum atomic E-state index is 14.3. The Bertz CT molecular complexity index is 1730. The molecule has 324 valence electrons. The van der Waals surface area contributed by atoms with Crippen molar-refractivity contribution >= 4 is 60.5 Å². The van der Waals surface area contributed by atoms with E-state index >= 15 is 0 Å². The van der Waals surface area contributed by atoms with E-state index < -0.39 is 134 Å². The second kappa shape index (κ2) is 22.9. The predicted molar refractivity (Wildman–Crippen MR) is 210 cm³/mol. The molecule has 1 unspecified atom stereocenters. The van der Waals surface area contributed by atoms with Gasteiger partial charge in [0.1, 0.15) is 30.2 Å². The minimum Gasteiger partial charge on any atom is -0.481 e. The molecule has 0 radical (unpaired) electrons. The zero-order valence-electron chi connectivity index (χ0n) is 33.6. The van der Waals surface area contributed by atoms with E-state index in [2.05, 4.69) is 33.2 Å². The number of aryl methyl sites for hydroxylation is 1. The SMILES string of the molecule is C=CCC(NC(=O)[C@@H]1CCCN1C(=O)[C@@H](NC(=O)[C@H](Cc1ccccc1C)NC(=O)[C@H](CCC(=O)O)NC(=O)[C@H](CC(=O)O)NC(=O)CCC(=O)O)C(C)(C)C)B(O)O. The number of carboxylic acid groups (broad SMARTS) is 3. The number of hydrogen-bond acceptors (Lipinski definition) is 11. The fraction of sp³-hybridized carbons (Fsp3) is 0.553. The maximum Gasteiger partial charge on any atom is 0.475 e. The third-order valence-corrected chi connectivity index (χ3v) is 9.54. The van der Waals surface area contributed by atoms with Crippen LogP contribution in [0.5, 0.6) is 0 Å². The summed E-state index contributed by atoms with van der Waals surface area (Å²) < 4.78 is 0. The standard InChI is InChI=1S/C38H55BN6O14/c1-6-10-27(39(58)59)43-36(56)26-13-9-18-45(26)37(57)32(38(3,4)5)44-35(55)24(19-22-12-8-7-11-21(22)2)42-33(53)23(14-16-29(47)48)41-34(54)25(20-31(51)52)40-28(46)15-17-30(49)50/h6-8,11-12,23-27,32,58-59H,1,9-10,13-20H2,2-5H3,(H,40,46)(H,41,54)(H,42,53)(H,43,56)(H,44,55)(H,47,48)(H,49,50)(H,51,52)/t23-,24-,25-,26-,27?,32+/m0/s1. The van der Waals surface area contributed by atoms with Gasteiger partial charge in [-0.2, -0.15) is 0 Å². The number of hydrogen-bond donors (Lipinski definition) is 10. The van der Waals surface area contributed by atoms with Crippen molar-refractivity contribution in [2.45, 2.75) is 122 Å². The van der Waals surface area contributed by atoms with Gasteiger partial charge in [-0.3, -0.25) is 43.2 Å². The van der Waals surface area contributed by atoms with E-state index in [1.807, 2.05) is 0 Å². The van der Waals surface area contributed by atoms with E-state index in [9.17, 15) is 63.4 Å². The Balaban J connectivity index is 2.46. The smallest absolute Gasteiger partial charge is 0.475 e. The van der Waals surface area contributed by atoms with E-state index in [0.717, 1.165) is 5.56 Å². The molecule has 0 saturated carbocycles. The van der Waals surface area contributed by atoms with Crippen LogP contribution >= 0.6 is 0 Å². The Hall–Kier alpha value is -5.83. The van der Waals surface area contributed by atoms with Gasteiger partial charge in [0.05, 0.1) is 18.8 Å². The molecule has 0 aromatic heterocycles. The van der Waals surface area contributed by atoms with Crippen molar-refractivity contribution in [3.8, 4) is 0 Å². The number of nitrogens with zero attached hydrogens (tertiary/aromatic N) is 1. The topological polar surface area (TPSA) is 318 Å². The van der Waals surface area contributed by atoms with Crippen LogP contribution in [0.1, 0.15) is 83.3 Å². The van der Waals surface area contributed by atoms with Crippen molar-refractivity contribution in [1.29, 1.82) is 0 Å². The Kier molecular flexibility index (Phi) is 19.2. The first-order valence-electron chi connectivity index (χ1n) is 19.0. The zero-order valence-corrected chi connectivity index (χ0v) is 33.6. The summed E-state index contributed by atoms with van der Waals surface area (Å²) in [6, 6.07) is -0.351. The summed E-state index contributed by atoms with van der Waals surface area (Å²) in [6.07, 6.45) is -1.45. The first-order chi connectivity index (χ1) is 27.5. The second-order valence-corrected chi connectivity index (χ2v) is 15.3. The number of aliphatic carboxylic acids is 3. The number of likely N-dealkylation sites (tertiary alicyclic amines) is 1. The monoisotopic (exact) mass is 830 g/mol. The van der Waals surface area contributed by atoms with Gasteiger partial charge in [0.15, 0.2) is 0 Å². The van der Waals surface area contributed by atoms with E-state index in [1.54, 1.807) is 52.0 Å². The van der Waals surface area contributed by atoms with Crippen LogP contribution in [0.25, 0.3) is 0 Å². The molecule has 1 saturated heterocycles. The number of carbonyl (C=O) groups excluding carboxylic acids is 6. The van der Waals surface area contributed by atoms with Crippen molar-refractivity contribution in [2.75, 3.05) is 6.54 Å². The fourth-order valence-electron chi connectivity index (χ4n) is 6.29. The first kappa shape index (κ1) is 49.3. The molecule has 1 aliphatic rings. The molecular weight excluding hydrogens is 775 g/mol. The number of carbonyl (C=O) groups is 9. The number of carboxylic acids is 3. The molecule has 1 aliphatic heterocycles. The average molecular weight is 831 g/mol. The fourth-order valence-corrected chi connectivity index (χ4v) is 6.29. The normalized spacial score (nSPS) is 16.2. The minimum atomic E-state index is -1.90. The molecule has 0 bridgehead atoms. The lowest BCUT2D eigenvalue weighted by atomic mass is 9.77. The molecule has 1 heterocycles. The van der Waals surface area contributed by atoms with Gasteiger partial charge in [0.2, 0.25) is 35.4 Å². The van der Waals surface area contributed by atoms with Crippen LogP contribution < -0.4 is 26.6 Å². The molecule has 6 amide bonds. The summed E-state index contributed by atoms with van der Waals surface area (Å²) in [7, 11) is -1.90. The maximum absolute atomic E-state index is 14.3. The van der Waals surface area contributed by atoms with Gasteiger partial charge in [-0.05, 0) is 49.1 Å². The summed E-state index contributed by atoms with van der Waals surface area (Å²) in [4.78, 5) is 117. The number of rotatable bonds is 23. The summed E-state index contributed by atoms with van der Waals surface area (Å²) in [6.45, 7) is 10.5. The molecule has 0 aliphatic carbocycles. The third kappa shape index (κ3) is 16.2. The van der Waals surface area contributed by atoms with Gasteiger partial charge in [0, 0.05) is 25.8 Å². The van der Waals surface area contributed by atoms with Crippen LogP contribution in [0.15, 0.2) is 36.9 Å². The molecule has 21 heteroatoms. The van der Waals surface area contributed by atoms with Crippen LogP contribution in [-0.4, -0.2) is 133 Å². The summed E-state index contributed by atoms with van der Waals surface area (Å²) in [5.41, 5.74) is 0.342. The molecule has 0 spiro atoms. The summed E-state index contributed by atoms with van der Waals surface area (Å²) >= 11 is 0. The Morgan fingerprint density at radius 1 is 0.814 bits per heavy atom. The highest BCUT2D eigenvalue weighted by Crippen LogP contribution is 2.26. The van der Waals surface area contributed by atoms with E-state index in [0.29, 0.717) is 12.0 Å². The lowest BCUT2D eigenvalue weighted by Gasteiger charge is -2.36. The van der Waals surface area contributed by atoms with Gasteiger partial charge in [-0.15, -0.1) is 6.58 Å². The van der Waals surface area contributed by atoms with Crippen molar-refractivity contribution in [2.24, 2.45) is 5.41 Å². The quantitative estimate of drug-likeness (QED) is 0.0458. The van der Waals surface area contributed by atoms with Crippen LogP contribution in [0, 0.1) is 12.3 Å². The number of benzene rings is 1. The van der Waals surface area contributed by atoms with Crippen molar-refractivity contribution in [1.82, 2.24) is 31.5 Å². The highest BCUT2D eigenvalue weighted by molar-refractivity contribution is 6.43. The highest BCUT2D eigenvalue weighted by atomic mass is 16.4. The summed E-state index contributed by atoms with van der Waals surface area (Å²) in [5.74, 6) is -10.7. The Morgan fingerprint density at radius 3 is 1.97 bits per heavy atom. The third-order valence-electron chi connectivity index (χ3n) is 9.54. The van der Waals surface area contributed by atoms with Crippen molar-refractivity contribution < 1.29 is 68.5 Å². The summed E-state index contributed by atoms with van der Waals surface area (Å²) in [5, 5.41) is 59.3. The van der Waals surface area contributed by atoms with E-state index in [4.69, 9.17) is 5.11 Å². The molecule has 1 aromatic rings. The molecule has 2 rings (SSSR count). The zero-order chi connectivity index (χ0) is 44.6. The Morgan fingerprint density at radius 2 is 1.41 bits per heavy atom. The van der Waals surface area contributed by atoms with E-state index in [1.165, 1.54) is 11.0 Å². The van der Waals surface area contributed by atoms with Gasteiger partial charge in [-0.25, -0.2) is 0 Å². The molecule has 20 nitrogen and oxygen atoms in total. The van der Waals surface area contributed by atoms with Crippen LogP contribution in [0.3, 0.4) is 0 Å². The molecule has 6 atom stereocenters. The Labute approximate surface area is 341 Å². The molecule has 59 heavy (non-hydrogen) atoms. The average Bonchev–Trinajstić information content (AvgIpc) is 3.64. The van der Waals surface area contributed by atoms with Gasteiger partial charge in [-0.1, -0.05) is 51.1 Å². The van der Waals surface area contributed by atoms with E-state index in [-0.39, 0.29) is 25.8 Å². The van der Waals surface area contributed by atoms with Crippen LogP contribution in [-0.2, 0) is 49.6 Å². The van der Waals surface area contributed by atoms with Crippen LogP contribution in [0.2, 0.25) is 0 Å². The van der Waals surface area contributed by atoms with Crippen molar-refractivity contribution in [3.05, 3.63) is 48.0 Å². The van der Waals surface area contributed by atoms with Gasteiger partial charge < -0.3 is 56.9 Å². The largest absolute Gasteiger partial charge is 0.481 e. The second-order valence-electron chi connectivity index (χ2n) is 15.3. The minimum absolute atomic E-state index is 0.0354. The molecule has 10 N–H and O–H groups in total. The highest BCUT2D eigenvalue weighted by Gasteiger charge is 2.43. The van der Waals surface area contributed by atoms with Gasteiger partial charge >= 0.3 is 25.0 Å². The molecular formula is C38H55BN6O14.